The molecule has 294 valence electrons. The molecule has 2 aliphatic carbocycles. The number of likely N-dealkylation sites (tertiary alicyclic amines) is 1. The predicted molar refractivity (Wildman–Crippen MR) is 200 cm³/mol. The van der Waals surface area contributed by atoms with Crippen LogP contribution in [0.1, 0.15) is 114 Å². The van der Waals surface area contributed by atoms with Crippen molar-refractivity contribution in [1.82, 2.24) is 30.7 Å². The molecule has 0 radical (unpaired) electrons. The lowest BCUT2D eigenvalue weighted by Gasteiger charge is -2.44. The first-order chi connectivity index (χ1) is 24.1. The molecule has 0 spiro atoms. The van der Waals surface area contributed by atoms with Crippen LogP contribution in [0, 0.1) is 34.5 Å². The van der Waals surface area contributed by atoms with E-state index in [1.54, 1.807) is 4.90 Å². The zero-order chi connectivity index (χ0) is 38.9. The van der Waals surface area contributed by atoms with Gasteiger partial charge in [0, 0.05) is 31.7 Å². The number of urea groups is 1. The summed E-state index contributed by atoms with van der Waals surface area (Å²) in [7, 11) is 2.05. The van der Waals surface area contributed by atoms with E-state index >= 15 is 0 Å². The summed E-state index contributed by atoms with van der Waals surface area (Å²) in [6.07, 6.45) is 6.95. The number of amides is 6. The van der Waals surface area contributed by atoms with Gasteiger partial charge >= 0.3 is 6.03 Å². The highest BCUT2D eigenvalue weighted by atomic mass is 16.2. The van der Waals surface area contributed by atoms with Crippen molar-refractivity contribution in [2.75, 3.05) is 26.7 Å². The summed E-state index contributed by atoms with van der Waals surface area (Å²) < 4.78 is 0. The third-order valence-electron chi connectivity index (χ3n) is 13.0. The minimum atomic E-state index is -1.09. The zero-order valence-corrected chi connectivity index (χ0v) is 33.4. The molecule has 0 aromatic rings. The van der Waals surface area contributed by atoms with Gasteiger partial charge in [-0.1, -0.05) is 74.1 Å². The highest BCUT2D eigenvalue weighted by molar-refractivity contribution is 6.37. The maximum atomic E-state index is 14.7. The first-order valence-corrected chi connectivity index (χ1v) is 19.7. The largest absolute Gasteiger partial charge is 0.363 e. The predicted octanol–water partition coefficient (Wildman–Crippen LogP) is 3.05. The Morgan fingerprint density at radius 3 is 1.83 bits per heavy atom. The van der Waals surface area contributed by atoms with Crippen LogP contribution >= 0.6 is 0 Å². The number of ketones is 1. The van der Waals surface area contributed by atoms with Crippen molar-refractivity contribution in [1.29, 1.82) is 0 Å². The summed E-state index contributed by atoms with van der Waals surface area (Å²) in [5, 5.41) is 8.63. The van der Waals surface area contributed by atoms with Crippen LogP contribution < -0.4 is 21.7 Å². The van der Waals surface area contributed by atoms with Crippen molar-refractivity contribution < 1.29 is 28.8 Å². The van der Waals surface area contributed by atoms with Gasteiger partial charge in [-0.2, -0.15) is 0 Å². The first kappa shape index (κ1) is 41.5. The Hall–Kier alpha value is -3.22. The van der Waals surface area contributed by atoms with E-state index in [0.717, 1.165) is 38.5 Å². The first-order valence-electron chi connectivity index (χ1n) is 19.7. The molecule has 13 nitrogen and oxygen atoms in total. The van der Waals surface area contributed by atoms with Gasteiger partial charge < -0.3 is 31.5 Å². The van der Waals surface area contributed by atoms with Gasteiger partial charge in [-0.25, -0.2) is 4.79 Å². The number of rotatable bonds is 13. The number of carbonyl (C=O) groups is 6. The Bertz CT molecular complexity index is 1340. The smallest absolute Gasteiger partial charge is 0.316 e. The molecule has 5 N–H and O–H groups in total. The number of nitrogens with two attached hydrogens (primary N) is 1. The molecule has 52 heavy (non-hydrogen) atoms. The van der Waals surface area contributed by atoms with Gasteiger partial charge in [0.1, 0.15) is 18.1 Å². The van der Waals surface area contributed by atoms with Gasteiger partial charge in [-0.05, 0) is 81.1 Å². The Labute approximate surface area is 311 Å². The van der Waals surface area contributed by atoms with Crippen molar-refractivity contribution in [2.45, 2.75) is 150 Å². The molecule has 3 unspecified atom stereocenters. The second-order valence-corrected chi connectivity index (χ2v) is 18.5. The third kappa shape index (κ3) is 9.28. The Morgan fingerprint density at radius 1 is 0.788 bits per heavy atom. The number of primary amides is 1. The number of hydrogen-bond acceptors (Lipinski definition) is 7. The van der Waals surface area contributed by atoms with Crippen molar-refractivity contribution in [3.63, 3.8) is 0 Å². The van der Waals surface area contributed by atoms with Crippen molar-refractivity contribution >= 4 is 35.4 Å². The number of piperazine rings is 1. The van der Waals surface area contributed by atoms with Gasteiger partial charge in [0.25, 0.3) is 5.91 Å². The van der Waals surface area contributed by atoms with Crippen LogP contribution in [0.25, 0.3) is 0 Å². The standard InChI is InChI=1S/C39H67N7O6/c1-22(2)30(35(50)45-19-23(3)44(10)24(4)20-45)42-37(52)43-32(38(5,6)7)36(51)46-21-27(39(8,9)26-15-12-16-26)18-29(46)34(49)41-28(31(47)33(40)48)17-25-13-11-14-25/h22-30,32H,11-21H2,1-10H3,(H2,40,48)(H,41,49)(H2,42,43,52)/t23-,24+,27-,28?,29?,30?,32-/m0/s1. The number of carbonyl (C=O) groups excluding carboxylic acids is 6. The molecule has 2 saturated heterocycles. The van der Waals surface area contributed by atoms with E-state index in [4.69, 9.17) is 5.73 Å². The lowest BCUT2D eigenvalue weighted by atomic mass is 9.61. The lowest BCUT2D eigenvalue weighted by molar-refractivity contribution is -0.143. The van der Waals surface area contributed by atoms with Crippen LogP contribution in [0.4, 0.5) is 4.79 Å². The number of Topliss-reactive ketones (excluding diaryl/α,β-unsaturated/α-hetero) is 1. The summed E-state index contributed by atoms with van der Waals surface area (Å²) in [4.78, 5) is 86.9. The van der Waals surface area contributed by atoms with Crippen LogP contribution in [0.5, 0.6) is 0 Å². The van der Waals surface area contributed by atoms with E-state index < -0.39 is 59.1 Å². The minimum absolute atomic E-state index is 0.000169. The number of nitrogens with zero attached hydrogens (tertiary/aromatic N) is 3. The molecule has 4 fully saturated rings. The number of hydrogen-bond donors (Lipinski definition) is 4. The van der Waals surface area contributed by atoms with Crippen molar-refractivity contribution in [3.05, 3.63) is 0 Å². The summed E-state index contributed by atoms with van der Waals surface area (Å²) in [5.41, 5.74) is 4.49. The van der Waals surface area contributed by atoms with E-state index in [0.29, 0.717) is 38.4 Å². The molecule has 0 aromatic carbocycles. The molecule has 2 aliphatic heterocycles. The molecule has 2 heterocycles. The molecule has 4 aliphatic rings. The summed E-state index contributed by atoms with van der Waals surface area (Å²) in [6.45, 7) is 19.3. The Balaban J connectivity index is 1.56. The molecule has 7 atom stereocenters. The minimum Gasteiger partial charge on any atom is -0.363 e. The quantitative estimate of drug-likeness (QED) is 0.211. The van der Waals surface area contributed by atoms with Gasteiger partial charge in [0.15, 0.2) is 0 Å². The summed E-state index contributed by atoms with van der Waals surface area (Å²) >= 11 is 0. The SMILES string of the molecule is CC(C)C(NC(=O)N[C@@H](C(=O)N1C[C@@H](C(C)(C)C2CCC2)CC1C(=O)NC(CC1CCC1)C(=O)C(N)=O)C(C)(C)C)C(=O)N1C[C@@H](C)N(C)[C@@H](C)C1. The van der Waals surface area contributed by atoms with E-state index in [-0.39, 0.29) is 41.2 Å². The molecule has 13 heteroatoms. The fourth-order valence-corrected chi connectivity index (χ4v) is 8.51. The zero-order valence-electron chi connectivity index (χ0n) is 33.4. The van der Waals surface area contributed by atoms with E-state index in [1.165, 1.54) is 0 Å². The summed E-state index contributed by atoms with van der Waals surface area (Å²) in [5.74, 6) is -2.48. The van der Waals surface area contributed by atoms with Crippen LogP contribution in [-0.2, 0) is 24.0 Å². The molecule has 2 saturated carbocycles. The maximum Gasteiger partial charge on any atom is 0.316 e. The average molecular weight is 730 g/mol. The van der Waals surface area contributed by atoms with Crippen molar-refractivity contribution in [3.8, 4) is 0 Å². The van der Waals surface area contributed by atoms with Gasteiger partial charge in [-0.15, -0.1) is 0 Å². The summed E-state index contributed by atoms with van der Waals surface area (Å²) in [6, 6.07) is -4.07. The number of nitrogens with one attached hydrogen (secondary N) is 3. The molecular formula is C39H67N7O6. The highest BCUT2D eigenvalue weighted by Gasteiger charge is 2.51. The second kappa shape index (κ2) is 16.4. The molecule has 0 bridgehead atoms. The van der Waals surface area contributed by atoms with Crippen LogP contribution in [0.3, 0.4) is 0 Å². The van der Waals surface area contributed by atoms with Crippen molar-refractivity contribution in [2.24, 2.45) is 40.2 Å². The molecule has 4 rings (SSSR count). The number of likely N-dealkylation sites (N-methyl/N-ethyl adjacent to an activating group) is 1. The lowest BCUT2D eigenvalue weighted by Crippen LogP contribution is -2.63. The Morgan fingerprint density at radius 2 is 1.37 bits per heavy atom. The topological polar surface area (TPSA) is 174 Å². The Kier molecular flexibility index (Phi) is 13.1. The van der Waals surface area contributed by atoms with E-state index in [9.17, 15) is 28.8 Å². The van der Waals surface area contributed by atoms with Gasteiger partial charge in [0.2, 0.25) is 23.5 Å². The maximum absolute atomic E-state index is 14.7. The fourth-order valence-electron chi connectivity index (χ4n) is 8.51. The highest BCUT2D eigenvalue weighted by Crippen LogP contribution is 2.50. The average Bonchev–Trinajstić information content (AvgIpc) is 3.46. The van der Waals surface area contributed by atoms with Crippen LogP contribution in [-0.4, -0.2) is 113 Å². The van der Waals surface area contributed by atoms with E-state index in [1.807, 2.05) is 46.6 Å². The molecule has 0 aromatic heterocycles. The second-order valence-electron chi connectivity index (χ2n) is 18.5. The third-order valence-corrected chi connectivity index (χ3v) is 13.0. The molecular weight excluding hydrogens is 662 g/mol. The fraction of sp³-hybridized carbons (Fsp3) is 0.846. The molecule has 6 amide bonds. The van der Waals surface area contributed by atoms with Gasteiger partial charge in [0.05, 0.1) is 6.04 Å². The van der Waals surface area contributed by atoms with Crippen LogP contribution in [0.15, 0.2) is 0 Å². The van der Waals surface area contributed by atoms with E-state index in [2.05, 4.69) is 48.5 Å². The van der Waals surface area contributed by atoms with Gasteiger partial charge in [-0.3, -0.25) is 28.9 Å². The monoisotopic (exact) mass is 730 g/mol. The normalized spacial score (nSPS) is 26.5. The van der Waals surface area contributed by atoms with Crippen LogP contribution in [0.2, 0.25) is 0 Å².